The maximum atomic E-state index is 11.7. The Labute approximate surface area is 124 Å². The van der Waals surface area contributed by atoms with Gasteiger partial charge in [-0.3, -0.25) is 9.59 Å². The van der Waals surface area contributed by atoms with Gasteiger partial charge in [-0.1, -0.05) is 19.0 Å². The van der Waals surface area contributed by atoms with Crippen LogP contribution in [0.1, 0.15) is 55.9 Å². The highest BCUT2D eigenvalue weighted by atomic mass is 35.5. The SMILES string of the molecule is CCOC(=O)CC(=O)c1cc(C(N)CC(C)C)no1.Cl. The third-order valence-electron chi connectivity index (χ3n) is 2.52. The number of Topliss-reactive ketones (excluding diaryl/α,β-unsaturated/α-hetero) is 1. The summed E-state index contributed by atoms with van der Waals surface area (Å²) in [5.74, 6) is -0.557. The van der Waals surface area contributed by atoms with Gasteiger partial charge >= 0.3 is 5.97 Å². The minimum Gasteiger partial charge on any atom is -0.466 e. The number of hydrogen-bond donors (Lipinski definition) is 1. The van der Waals surface area contributed by atoms with Crippen LogP contribution in [-0.2, 0) is 9.53 Å². The molecule has 114 valence electrons. The average molecular weight is 305 g/mol. The lowest BCUT2D eigenvalue weighted by Gasteiger charge is -2.09. The molecule has 20 heavy (non-hydrogen) atoms. The molecule has 0 saturated carbocycles. The standard InChI is InChI=1S/C13H20N2O4.ClH/c1-4-18-13(17)7-11(16)12-6-10(15-19-12)9(14)5-8(2)3;/h6,8-9H,4-5,7,14H2,1-3H3;1H. The van der Waals surface area contributed by atoms with Crippen molar-refractivity contribution < 1.29 is 18.8 Å². The summed E-state index contributed by atoms with van der Waals surface area (Å²) >= 11 is 0. The molecular weight excluding hydrogens is 284 g/mol. The van der Waals surface area contributed by atoms with E-state index in [0.717, 1.165) is 6.42 Å². The fraction of sp³-hybridized carbons (Fsp3) is 0.615. The van der Waals surface area contributed by atoms with Crippen LogP contribution in [0.25, 0.3) is 0 Å². The van der Waals surface area contributed by atoms with Crippen LogP contribution in [0.15, 0.2) is 10.6 Å². The largest absolute Gasteiger partial charge is 0.466 e. The Bertz CT molecular complexity index is 445. The topological polar surface area (TPSA) is 95.4 Å². The van der Waals surface area contributed by atoms with Crippen LogP contribution in [0.5, 0.6) is 0 Å². The lowest BCUT2D eigenvalue weighted by Crippen LogP contribution is -2.13. The van der Waals surface area contributed by atoms with E-state index >= 15 is 0 Å². The molecule has 0 bridgehead atoms. The molecule has 0 saturated heterocycles. The highest BCUT2D eigenvalue weighted by molar-refractivity contribution is 6.04. The predicted octanol–water partition coefficient (Wildman–Crippen LogP) is 2.28. The first-order valence-electron chi connectivity index (χ1n) is 6.35. The Balaban J connectivity index is 0.00000361. The molecule has 6 nitrogen and oxygen atoms in total. The van der Waals surface area contributed by atoms with Gasteiger partial charge in [-0.25, -0.2) is 0 Å². The van der Waals surface area contributed by atoms with Crippen LogP contribution >= 0.6 is 12.4 Å². The summed E-state index contributed by atoms with van der Waals surface area (Å²) in [5, 5.41) is 3.77. The summed E-state index contributed by atoms with van der Waals surface area (Å²) in [4.78, 5) is 22.9. The predicted molar refractivity (Wildman–Crippen MR) is 75.7 cm³/mol. The Morgan fingerprint density at radius 3 is 2.65 bits per heavy atom. The van der Waals surface area contributed by atoms with Crippen molar-refractivity contribution in [3.63, 3.8) is 0 Å². The van der Waals surface area contributed by atoms with Gasteiger partial charge in [0.2, 0.25) is 11.5 Å². The minimum atomic E-state index is -0.572. The van der Waals surface area contributed by atoms with E-state index in [0.29, 0.717) is 11.6 Å². The van der Waals surface area contributed by atoms with E-state index in [9.17, 15) is 9.59 Å². The van der Waals surface area contributed by atoms with Crippen molar-refractivity contribution in [3.05, 3.63) is 17.5 Å². The number of ether oxygens (including phenoxy) is 1. The van der Waals surface area contributed by atoms with Gasteiger partial charge in [-0.2, -0.15) is 0 Å². The highest BCUT2D eigenvalue weighted by Gasteiger charge is 2.20. The lowest BCUT2D eigenvalue weighted by atomic mass is 10.0. The molecule has 0 spiro atoms. The molecule has 1 atom stereocenters. The van der Waals surface area contributed by atoms with Gasteiger partial charge in [0.15, 0.2) is 0 Å². The second kappa shape index (κ2) is 8.71. The van der Waals surface area contributed by atoms with Crippen LogP contribution in [0, 0.1) is 5.92 Å². The van der Waals surface area contributed by atoms with Crippen molar-refractivity contribution in [2.75, 3.05) is 6.61 Å². The Morgan fingerprint density at radius 1 is 1.45 bits per heavy atom. The van der Waals surface area contributed by atoms with E-state index in [1.54, 1.807) is 6.92 Å². The van der Waals surface area contributed by atoms with E-state index in [2.05, 4.69) is 5.16 Å². The molecule has 2 N–H and O–H groups in total. The third kappa shape index (κ3) is 5.71. The molecule has 0 aliphatic rings. The van der Waals surface area contributed by atoms with Gasteiger partial charge in [-0.05, 0) is 19.3 Å². The van der Waals surface area contributed by atoms with Crippen molar-refractivity contribution >= 4 is 24.2 Å². The Morgan fingerprint density at radius 2 is 2.10 bits per heavy atom. The molecule has 1 rings (SSSR count). The number of aromatic nitrogens is 1. The summed E-state index contributed by atoms with van der Waals surface area (Å²) in [5.41, 5.74) is 6.46. The third-order valence-corrected chi connectivity index (χ3v) is 2.52. The molecule has 0 fully saturated rings. The molecule has 7 heteroatoms. The summed E-state index contributed by atoms with van der Waals surface area (Å²) in [7, 11) is 0. The van der Waals surface area contributed by atoms with Crippen molar-refractivity contribution in [2.45, 2.75) is 39.7 Å². The molecule has 1 aromatic rings. The minimum absolute atomic E-state index is 0. The zero-order valence-electron chi connectivity index (χ0n) is 11.9. The van der Waals surface area contributed by atoms with Gasteiger partial charge in [0.1, 0.15) is 12.1 Å². The second-order valence-corrected chi connectivity index (χ2v) is 4.76. The fourth-order valence-corrected chi connectivity index (χ4v) is 1.65. The van der Waals surface area contributed by atoms with E-state index in [-0.39, 0.29) is 37.2 Å². The van der Waals surface area contributed by atoms with Crippen LogP contribution in [-0.4, -0.2) is 23.5 Å². The first-order valence-corrected chi connectivity index (χ1v) is 6.35. The number of hydrogen-bond acceptors (Lipinski definition) is 6. The summed E-state index contributed by atoms with van der Waals surface area (Å²) in [6.07, 6.45) is 0.403. The maximum Gasteiger partial charge on any atom is 0.313 e. The summed E-state index contributed by atoms with van der Waals surface area (Å²) in [6.45, 7) is 6.02. The second-order valence-electron chi connectivity index (χ2n) is 4.76. The van der Waals surface area contributed by atoms with Gasteiger partial charge < -0.3 is 15.0 Å². The van der Waals surface area contributed by atoms with E-state index < -0.39 is 11.8 Å². The fourth-order valence-electron chi connectivity index (χ4n) is 1.65. The van der Waals surface area contributed by atoms with E-state index in [1.807, 2.05) is 13.8 Å². The molecule has 0 aromatic carbocycles. The molecule has 1 heterocycles. The monoisotopic (exact) mass is 304 g/mol. The molecular formula is C13H21ClN2O4. The van der Waals surface area contributed by atoms with Gasteiger partial charge in [-0.15, -0.1) is 12.4 Å². The zero-order chi connectivity index (χ0) is 14.4. The molecule has 0 aliphatic carbocycles. The number of nitrogens with zero attached hydrogens (tertiary/aromatic N) is 1. The lowest BCUT2D eigenvalue weighted by molar-refractivity contribution is -0.142. The number of rotatable bonds is 7. The molecule has 0 amide bonds. The Kier molecular flexibility index (Phi) is 8.10. The first-order chi connectivity index (χ1) is 8.93. The number of esters is 1. The maximum absolute atomic E-state index is 11.7. The Hall–Kier alpha value is -1.40. The molecule has 0 radical (unpaired) electrons. The number of carbonyl (C=O) groups is 2. The van der Waals surface area contributed by atoms with Crippen LogP contribution < -0.4 is 5.73 Å². The number of halogens is 1. The van der Waals surface area contributed by atoms with Crippen molar-refractivity contribution in [1.29, 1.82) is 0 Å². The van der Waals surface area contributed by atoms with E-state index in [4.69, 9.17) is 15.0 Å². The van der Waals surface area contributed by atoms with Gasteiger partial charge in [0, 0.05) is 6.07 Å². The number of nitrogens with two attached hydrogens (primary N) is 1. The quantitative estimate of drug-likeness (QED) is 0.471. The van der Waals surface area contributed by atoms with Crippen molar-refractivity contribution in [1.82, 2.24) is 5.16 Å². The molecule has 0 aliphatic heterocycles. The summed E-state index contributed by atoms with van der Waals surface area (Å²) < 4.78 is 9.62. The van der Waals surface area contributed by atoms with E-state index in [1.165, 1.54) is 6.07 Å². The number of carbonyl (C=O) groups excluding carboxylic acids is 2. The van der Waals surface area contributed by atoms with Crippen LogP contribution in [0.3, 0.4) is 0 Å². The molecule has 1 unspecified atom stereocenters. The normalized spacial score (nSPS) is 11.8. The molecule has 1 aromatic heterocycles. The first kappa shape index (κ1) is 18.6. The van der Waals surface area contributed by atoms with Gasteiger partial charge in [0.25, 0.3) is 0 Å². The zero-order valence-corrected chi connectivity index (χ0v) is 12.7. The highest BCUT2D eigenvalue weighted by Crippen LogP contribution is 2.19. The van der Waals surface area contributed by atoms with Crippen molar-refractivity contribution in [3.8, 4) is 0 Å². The summed E-state index contributed by atoms with van der Waals surface area (Å²) in [6, 6.07) is 1.22. The average Bonchev–Trinajstić information content (AvgIpc) is 2.77. The van der Waals surface area contributed by atoms with Gasteiger partial charge in [0.05, 0.1) is 12.6 Å². The van der Waals surface area contributed by atoms with Crippen molar-refractivity contribution in [2.24, 2.45) is 11.7 Å². The van der Waals surface area contributed by atoms with Crippen LogP contribution in [0.4, 0.5) is 0 Å². The van der Waals surface area contributed by atoms with Crippen LogP contribution in [0.2, 0.25) is 0 Å². The smallest absolute Gasteiger partial charge is 0.313 e. The number of ketones is 1.